The number of hydrogen-bond donors (Lipinski definition) is 2. The molecular weight excluding hydrogens is 368 g/mol. The summed E-state index contributed by atoms with van der Waals surface area (Å²) in [5.41, 5.74) is 2.61. The van der Waals surface area contributed by atoms with Gasteiger partial charge in [-0.1, -0.05) is 60.7 Å². The maximum Gasteiger partial charge on any atom is 0.220 e. The van der Waals surface area contributed by atoms with Gasteiger partial charge in [-0.3, -0.25) is 4.79 Å². The summed E-state index contributed by atoms with van der Waals surface area (Å²) in [5.74, 6) is 1.23. The van der Waals surface area contributed by atoms with Gasteiger partial charge in [0, 0.05) is 13.0 Å². The van der Waals surface area contributed by atoms with Gasteiger partial charge in [-0.05, 0) is 68.2 Å². The van der Waals surface area contributed by atoms with E-state index in [0.29, 0.717) is 18.3 Å². The first kappa shape index (κ1) is 22.4. The molecule has 2 N–H and O–H groups in total. The molecule has 152 valence electrons. The van der Waals surface area contributed by atoms with Crippen LogP contribution in [0.5, 0.6) is 0 Å². The molecule has 0 spiro atoms. The summed E-state index contributed by atoms with van der Waals surface area (Å²) < 4.78 is 0. The van der Waals surface area contributed by atoms with E-state index in [4.69, 9.17) is 0 Å². The zero-order chi connectivity index (χ0) is 18.7. The SMILES string of the molecule is Cl.O=C(CC(Cc1ccccc1)Cc1ccccc1)NCCC1CCCNC1. The molecule has 1 aliphatic heterocycles. The highest BCUT2D eigenvalue weighted by Gasteiger charge is 2.17. The average Bonchev–Trinajstić information content (AvgIpc) is 2.70. The van der Waals surface area contributed by atoms with Crippen molar-refractivity contribution in [2.75, 3.05) is 19.6 Å². The minimum atomic E-state index is 0. The van der Waals surface area contributed by atoms with Crippen molar-refractivity contribution in [3.63, 3.8) is 0 Å². The molecule has 1 unspecified atom stereocenters. The third-order valence-corrected chi connectivity index (χ3v) is 5.48. The average molecular weight is 401 g/mol. The molecule has 1 amide bonds. The lowest BCUT2D eigenvalue weighted by atomic mass is 9.89. The molecule has 1 heterocycles. The van der Waals surface area contributed by atoms with Crippen molar-refractivity contribution in [2.24, 2.45) is 11.8 Å². The molecule has 0 saturated carbocycles. The van der Waals surface area contributed by atoms with Gasteiger partial charge in [0.25, 0.3) is 0 Å². The first-order valence-electron chi connectivity index (χ1n) is 10.3. The summed E-state index contributed by atoms with van der Waals surface area (Å²) in [6, 6.07) is 21.0. The van der Waals surface area contributed by atoms with Gasteiger partial charge in [0.2, 0.25) is 5.91 Å². The topological polar surface area (TPSA) is 41.1 Å². The molecule has 1 aliphatic rings. The Bertz CT molecular complexity index is 630. The molecule has 3 nitrogen and oxygen atoms in total. The van der Waals surface area contributed by atoms with Gasteiger partial charge >= 0.3 is 0 Å². The molecular formula is C24H33ClN2O. The van der Waals surface area contributed by atoms with E-state index in [-0.39, 0.29) is 18.3 Å². The highest BCUT2D eigenvalue weighted by atomic mass is 35.5. The van der Waals surface area contributed by atoms with Crippen LogP contribution in [0.1, 0.15) is 36.8 Å². The Labute approximate surface area is 175 Å². The molecule has 28 heavy (non-hydrogen) atoms. The van der Waals surface area contributed by atoms with Crippen molar-refractivity contribution in [1.29, 1.82) is 0 Å². The van der Waals surface area contributed by atoms with E-state index >= 15 is 0 Å². The number of piperidine rings is 1. The summed E-state index contributed by atoms with van der Waals surface area (Å²) in [6.07, 6.45) is 6.10. The Morgan fingerprint density at radius 3 is 2.14 bits per heavy atom. The molecule has 0 aliphatic carbocycles. The standard InChI is InChI=1S/C24H32N2O.ClH/c27-24(26-15-13-22-12-7-14-25-19-22)18-23(16-20-8-3-1-4-9-20)17-21-10-5-2-6-11-21;/h1-6,8-11,22-23,25H,7,12-19H2,(H,26,27);1H. The van der Waals surface area contributed by atoms with E-state index in [1.54, 1.807) is 0 Å². The second-order valence-corrected chi connectivity index (χ2v) is 7.80. The normalized spacial score (nSPS) is 16.4. The fourth-order valence-electron chi connectivity index (χ4n) is 4.03. The summed E-state index contributed by atoms with van der Waals surface area (Å²) in [5, 5.41) is 6.61. The monoisotopic (exact) mass is 400 g/mol. The van der Waals surface area contributed by atoms with Crippen LogP contribution in [0.15, 0.2) is 60.7 Å². The largest absolute Gasteiger partial charge is 0.356 e. The number of rotatable bonds is 9. The molecule has 1 saturated heterocycles. The van der Waals surface area contributed by atoms with Gasteiger partial charge in [-0.2, -0.15) is 0 Å². The van der Waals surface area contributed by atoms with Crippen LogP contribution in [-0.2, 0) is 17.6 Å². The maximum atomic E-state index is 12.5. The zero-order valence-corrected chi connectivity index (χ0v) is 17.4. The Balaban J connectivity index is 0.00000280. The number of carbonyl (C=O) groups is 1. The Morgan fingerprint density at radius 2 is 1.61 bits per heavy atom. The highest BCUT2D eigenvalue weighted by molar-refractivity contribution is 5.85. The first-order valence-corrected chi connectivity index (χ1v) is 10.3. The van der Waals surface area contributed by atoms with E-state index in [2.05, 4.69) is 59.2 Å². The van der Waals surface area contributed by atoms with Crippen LogP contribution in [0.25, 0.3) is 0 Å². The lowest BCUT2D eigenvalue weighted by molar-refractivity contribution is -0.122. The van der Waals surface area contributed by atoms with Gasteiger partial charge in [0.05, 0.1) is 0 Å². The fraction of sp³-hybridized carbons (Fsp3) is 0.458. The van der Waals surface area contributed by atoms with Crippen LogP contribution in [0.2, 0.25) is 0 Å². The van der Waals surface area contributed by atoms with Gasteiger partial charge in [-0.15, -0.1) is 12.4 Å². The van der Waals surface area contributed by atoms with Crippen LogP contribution >= 0.6 is 12.4 Å². The molecule has 2 aromatic carbocycles. The van der Waals surface area contributed by atoms with Crippen molar-refractivity contribution in [3.05, 3.63) is 71.8 Å². The third kappa shape index (κ3) is 8.04. The quantitative estimate of drug-likeness (QED) is 0.654. The van der Waals surface area contributed by atoms with E-state index in [1.165, 1.54) is 24.0 Å². The zero-order valence-electron chi connectivity index (χ0n) is 16.6. The molecule has 0 radical (unpaired) electrons. The minimum Gasteiger partial charge on any atom is -0.356 e. The molecule has 0 aromatic heterocycles. The number of amides is 1. The Morgan fingerprint density at radius 1 is 1.00 bits per heavy atom. The number of carbonyl (C=O) groups excluding carboxylic acids is 1. The number of nitrogens with one attached hydrogen (secondary N) is 2. The first-order chi connectivity index (χ1) is 13.3. The predicted octanol–water partition coefficient (Wildman–Crippen LogP) is 4.41. The predicted molar refractivity (Wildman–Crippen MR) is 119 cm³/mol. The van der Waals surface area contributed by atoms with Crippen molar-refractivity contribution in [3.8, 4) is 0 Å². The summed E-state index contributed by atoms with van der Waals surface area (Å²) in [7, 11) is 0. The second-order valence-electron chi connectivity index (χ2n) is 7.80. The van der Waals surface area contributed by atoms with Crippen molar-refractivity contribution in [1.82, 2.24) is 10.6 Å². The van der Waals surface area contributed by atoms with Crippen LogP contribution in [0.3, 0.4) is 0 Å². The van der Waals surface area contributed by atoms with Gasteiger partial charge in [0.15, 0.2) is 0 Å². The molecule has 1 atom stereocenters. The summed E-state index contributed by atoms with van der Waals surface area (Å²) >= 11 is 0. The number of hydrogen-bond acceptors (Lipinski definition) is 2. The lowest BCUT2D eigenvalue weighted by Crippen LogP contribution is -2.33. The van der Waals surface area contributed by atoms with Gasteiger partial charge in [-0.25, -0.2) is 0 Å². The van der Waals surface area contributed by atoms with E-state index < -0.39 is 0 Å². The van der Waals surface area contributed by atoms with Crippen molar-refractivity contribution < 1.29 is 4.79 Å². The van der Waals surface area contributed by atoms with E-state index in [0.717, 1.165) is 38.9 Å². The van der Waals surface area contributed by atoms with Gasteiger partial charge in [0.1, 0.15) is 0 Å². The van der Waals surface area contributed by atoms with Crippen LogP contribution in [0.4, 0.5) is 0 Å². The minimum absolute atomic E-state index is 0. The van der Waals surface area contributed by atoms with Crippen molar-refractivity contribution in [2.45, 2.75) is 38.5 Å². The van der Waals surface area contributed by atoms with Crippen molar-refractivity contribution >= 4 is 18.3 Å². The maximum absolute atomic E-state index is 12.5. The van der Waals surface area contributed by atoms with E-state index in [9.17, 15) is 4.79 Å². The second kappa shape index (κ2) is 12.6. The van der Waals surface area contributed by atoms with Crippen LogP contribution < -0.4 is 10.6 Å². The third-order valence-electron chi connectivity index (χ3n) is 5.48. The van der Waals surface area contributed by atoms with Gasteiger partial charge < -0.3 is 10.6 Å². The highest BCUT2D eigenvalue weighted by Crippen LogP contribution is 2.18. The summed E-state index contributed by atoms with van der Waals surface area (Å²) in [6.45, 7) is 3.04. The molecule has 3 rings (SSSR count). The number of benzene rings is 2. The lowest BCUT2D eigenvalue weighted by Gasteiger charge is -2.23. The Hall–Kier alpha value is -1.84. The fourth-order valence-corrected chi connectivity index (χ4v) is 4.03. The summed E-state index contributed by atoms with van der Waals surface area (Å²) in [4.78, 5) is 12.5. The number of halogens is 1. The molecule has 2 aromatic rings. The molecule has 1 fully saturated rings. The molecule has 4 heteroatoms. The van der Waals surface area contributed by atoms with E-state index in [1.807, 2.05) is 12.1 Å². The smallest absolute Gasteiger partial charge is 0.220 e. The molecule has 0 bridgehead atoms. The van der Waals surface area contributed by atoms with Crippen LogP contribution in [0, 0.1) is 11.8 Å². The Kier molecular flexibility index (Phi) is 10.1. The van der Waals surface area contributed by atoms with Crippen LogP contribution in [-0.4, -0.2) is 25.5 Å².